The van der Waals surface area contributed by atoms with Gasteiger partial charge in [-0.2, -0.15) is 0 Å². The van der Waals surface area contributed by atoms with E-state index in [-0.39, 0.29) is 0 Å². The van der Waals surface area contributed by atoms with Crippen LogP contribution in [-0.2, 0) is 4.79 Å². The Balaban J connectivity index is 2.79. The summed E-state index contributed by atoms with van der Waals surface area (Å²) in [4.78, 5) is 16.5. The van der Waals surface area contributed by atoms with Gasteiger partial charge < -0.3 is 4.90 Å². The smallest absolute Gasteiger partial charge is 0.131 e. The Labute approximate surface area is 75.3 Å². The lowest BCUT2D eigenvalue weighted by atomic mass is 10.2. The third kappa shape index (κ3) is 2.27. The first-order chi connectivity index (χ1) is 5.74. The van der Waals surface area contributed by atoms with Crippen LogP contribution in [0.25, 0.3) is 5.57 Å². The summed E-state index contributed by atoms with van der Waals surface area (Å²) in [6.07, 6.45) is 0. The molecule has 0 spiro atoms. The monoisotopic (exact) mass is 182 g/mol. The summed E-state index contributed by atoms with van der Waals surface area (Å²) < 4.78 is 0. The summed E-state index contributed by atoms with van der Waals surface area (Å²) in [5.41, 5.74) is 3.06. The van der Waals surface area contributed by atoms with E-state index < -0.39 is 0 Å². The number of likely N-dealkylation sites (N-methyl/N-ethyl adjacent to an activating group) is 1. The number of aromatic nitrogens is 1. The van der Waals surface area contributed by atoms with Crippen molar-refractivity contribution in [1.82, 2.24) is 9.88 Å². The molecule has 4 heteroatoms. The van der Waals surface area contributed by atoms with Gasteiger partial charge in [-0.05, 0) is 14.1 Å². The van der Waals surface area contributed by atoms with E-state index >= 15 is 0 Å². The molecule has 0 fully saturated rings. The first-order valence-electron chi connectivity index (χ1n) is 3.51. The molecule has 0 aliphatic heterocycles. The maximum absolute atomic E-state index is 10.5. The number of nitrogens with zero attached hydrogens (tertiary/aromatic N) is 2. The van der Waals surface area contributed by atoms with Gasteiger partial charge >= 0.3 is 0 Å². The SMILES string of the molecule is CN(C)CC(=C=O)c1cscn1. The molecule has 0 amide bonds. The first kappa shape index (κ1) is 9.13. The molecule has 0 aromatic carbocycles. The van der Waals surface area contributed by atoms with Gasteiger partial charge in [0, 0.05) is 11.9 Å². The minimum Gasteiger partial charge on any atom is -0.304 e. The normalized spacial score (nSPS) is 9.92. The minimum absolute atomic E-state index is 0.591. The Morgan fingerprint density at radius 1 is 1.75 bits per heavy atom. The van der Waals surface area contributed by atoms with Crippen LogP contribution in [-0.4, -0.2) is 36.5 Å². The zero-order chi connectivity index (χ0) is 8.97. The second-order valence-electron chi connectivity index (χ2n) is 2.69. The summed E-state index contributed by atoms with van der Waals surface area (Å²) in [6, 6.07) is 0. The third-order valence-corrected chi connectivity index (χ3v) is 1.93. The summed E-state index contributed by atoms with van der Waals surface area (Å²) in [7, 11) is 3.81. The summed E-state index contributed by atoms with van der Waals surface area (Å²) in [5.74, 6) is 1.90. The molecule has 0 N–H and O–H groups in total. The zero-order valence-electron chi connectivity index (χ0n) is 7.07. The van der Waals surface area contributed by atoms with Crippen LogP contribution in [0.2, 0.25) is 0 Å². The van der Waals surface area contributed by atoms with Crippen LogP contribution < -0.4 is 0 Å². The van der Waals surface area contributed by atoms with Crippen LogP contribution in [0.4, 0.5) is 0 Å². The Morgan fingerprint density at radius 2 is 2.50 bits per heavy atom. The van der Waals surface area contributed by atoms with E-state index in [0.29, 0.717) is 12.1 Å². The lowest BCUT2D eigenvalue weighted by molar-refractivity contribution is 0.462. The van der Waals surface area contributed by atoms with Crippen LogP contribution in [0.15, 0.2) is 10.9 Å². The highest BCUT2D eigenvalue weighted by atomic mass is 32.1. The van der Waals surface area contributed by atoms with Crippen molar-refractivity contribution >= 4 is 22.9 Å². The van der Waals surface area contributed by atoms with E-state index in [9.17, 15) is 4.79 Å². The maximum Gasteiger partial charge on any atom is 0.131 e. The van der Waals surface area contributed by atoms with Crippen molar-refractivity contribution in [3.05, 3.63) is 16.6 Å². The molecule has 0 aliphatic carbocycles. The summed E-state index contributed by atoms with van der Waals surface area (Å²) in [5, 5.41) is 1.85. The van der Waals surface area contributed by atoms with Gasteiger partial charge in [-0.1, -0.05) is 0 Å². The Hall–Kier alpha value is -0.960. The van der Waals surface area contributed by atoms with Crippen molar-refractivity contribution in [3.63, 3.8) is 0 Å². The van der Waals surface area contributed by atoms with E-state index in [1.165, 1.54) is 11.3 Å². The molecule has 0 bridgehead atoms. The maximum atomic E-state index is 10.5. The van der Waals surface area contributed by atoms with Crippen molar-refractivity contribution in [2.24, 2.45) is 0 Å². The van der Waals surface area contributed by atoms with Crippen LogP contribution in [0, 0.1) is 0 Å². The van der Waals surface area contributed by atoms with Gasteiger partial charge in [-0.3, -0.25) is 0 Å². The molecular formula is C8H10N2OS. The highest BCUT2D eigenvalue weighted by Crippen LogP contribution is 2.11. The van der Waals surface area contributed by atoms with E-state index in [2.05, 4.69) is 4.98 Å². The van der Waals surface area contributed by atoms with Gasteiger partial charge in [-0.25, -0.2) is 9.78 Å². The van der Waals surface area contributed by atoms with Gasteiger partial charge in [0.1, 0.15) is 5.94 Å². The Bertz CT molecular complexity index is 286. The number of carbonyl (C=O) groups excluding carboxylic acids is 1. The van der Waals surface area contributed by atoms with Gasteiger partial charge in [0.2, 0.25) is 0 Å². The average molecular weight is 182 g/mol. The number of hydrogen-bond acceptors (Lipinski definition) is 4. The molecule has 1 aromatic heterocycles. The summed E-state index contributed by atoms with van der Waals surface area (Å²) in [6.45, 7) is 0.591. The standard InChI is InChI=1S/C8H10N2OS/c1-10(2)3-7(4-11)8-5-12-6-9-8/h5-6H,3H2,1-2H3. The van der Waals surface area contributed by atoms with E-state index in [1.807, 2.05) is 30.3 Å². The number of rotatable bonds is 3. The van der Waals surface area contributed by atoms with Crippen LogP contribution >= 0.6 is 11.3 Å². The van der Waals surface area contributed by atoms with Gasteiger partial charge in [0.15, 0.2) is 0 Å². The van der Waals surface area contributed by atoms with Gasteiger partial charge in [-0.15, -0.1) is 11.3 Å². The van der Waals surface area contributed by atoms with Gasteiger partial charge in [0.25, 0.3) is 0 Å². The minimum atomic E-state index is 0.591. The molecule has 1 aromatic rings. The fourth-order valence-electron chi connectivity index (χ4n) is 0.843. The second-order valence-corrected chi connectivity index (χ2v) is 3.41. The Kier molecular flexibility index (Phi) is 3.17. The molecule has 1 rings (SSSR count). The first-order valence-corrected chi connectivity index (χ1v) is 4.45. The lowest BCUT2D eigenvalue weighted by Gasteiger charge is -2.07. The topological polar surface area (TPSA) is 33.2 Å². The van der Waals surface area contributed by atoms with Crippen molar-refractivity contribution in [1.29, 1.82) is 0 Å². The Morgan fingerprint density at radius 3 is 2.92 bits per heavy atom. The fourth-order valence-corrected chi connectivity index (χ4v) is 1.41. The lowest BCUT2D eigenvalue weighted by Crippen LogP contribution is -2.14. The number of hydrogen-bond donors (Lipinski definition) is 0. The molecule has 0 unspecified atom stereocenters. The molecular weight excluding hydrogens is 172 g/mol. The predicted molar refractivity (Wildman–Crippen MR) is 49.8 cm³/mol. The highest BCUT2D eigenvalue weighted by molar-refractivity contribution is 7.07. The van der Waals surface area contributed by atoms with Crippen molar-refractivity contribution in [3.8, 4) is 0 Å². The van der Waals surface area contributed by atoms with Crippen LogP contribution in [0.5, 0.6) is 0 Å². The molecule has 64 valence electrons. The largest absolute Gasteiger partial charge is 0.304 e. The molecule has 1 heterocycles. The van der Waals surface area contributed by atoms with Crippen molar-refractivity contribution in [2.45, 2.75) is 0 Å². The van der Waals surface area contributed by atoms with Crippen molar-refractivity contribution in [2.75, 3.05) is 20.6 Å². The summed E-state index contributed by atoms with van der Waals surface area (Å²) >= 11 is 1.48. The van der Waals surface area contributed by atoms with Crippen LogP contribution in [0.1, 0.15) is 5.69 Å². The van der Waals surface area contributed by atoms with E-state index in [0.717, 1.165) is 5.69 Å². The van der Waals surface area contributed by atoms with Crippen LogP contribution in [0.3, 0.4) is 0 Å². The van der Waals surface area contributed by atoms with E-state index in [4.69, 9.17) is 0 Å². The van der Waals surface area contributed by atoms with Gasteiger partial charge in [0.05, 0.1) is 16.8 Å². The molecule has 0 saturated heterocycles. The quantitative estimate of drug-likeness (QED) is 0.652. The van der Waals surface area contributed by atoms with Crippen molar-refractivity contribution < 1.29 is 4.79 Å². The predicted octanol–water partition coefficient (Wildman–Crippen LogP) is 0.920. The second kappa shape index (κ2) is 4.16. The number of thiazole rings is 1. The molecule has 0 aliphatic rings. The third-order valence-electron chi connectivity index (χ3n) is 1.34. The zero-order valence-corrected chi connectivity index (χ0v) is 7.89. The molecule has 0 radical (unpaired) electrons. The molecule has 12 heavy (non-hydrogen) atoms. The molecule has 3 nitrogen and oxygen atoms in total. The molecule has 0 atom stereocenters. The average Bonchev–Trinajstić information content (AvgIpc) is 2.51. The highest BCUT2D eigenvalue weighted by Gasteiger charge is 2.05. The molecule has 0 saturated carbocycles. The van der Waals surface area contributed by atoms with E-state index in [1.54, 1.807) is 5.51 Å². The fraction of sp³-hybridized carbons (Fsp3) is 0.375.